The molecule has 0 aliphatic rings. The van der Waals surface area contributed by atoms with Crippen molar-refractivity contribution in [2.24, 2.45) is 0 Å². The summed E-state index contributed by atoms with van der Waals surface area (Å²) < 4.78 is 10.5. The van der Waals surface area contributed by atoms with Gasteiger partial charge in [0.25, 0.3) is 0 Å². The summed E-state index contributed by atoms with van der Waals surface area (Å²) in [6.45, 7) is 0.685. The zero-order valence-electron chi connectivity index (χ0n) is 12.0. The Morgan fingerprint density at radius 2 is 1.76 bits per heavy atom. The van der Waals surface area contributed by atoms with Gasteiger partial charge in [0.15, 0.2) is 5.75 Å². The van der Waals surface area contributed by atoms with Crippen LogP contribution in [-0.4, -0.2) is 19.6 Å². The Morgan fingerprint density at radius 1 is 1.05 bits per heavy atom. The Labute approximate surface area is 124 Å². The molecule has 110 valence electrons. The summed E-state index contributed by atoms with van der Waals surface area (Å²) in [5.41, 5.74) is 0.909. The van der Waals surface area contributed by atoms with E-state index in [1.807, 2.05) is 54.6 Å². The molecular weight excluding hydrogens is 266 g/mol. The number of hydrogen-bond donors (Lipinski definition) is 1. The molecule has 0 aliphatic carbocycles. The molecule has 21 heavy (non-hydrogen) atoms. The molecule has 4 nitrogen and oxygen atoms in total. The first kappa shape index (κ1) is 14.9. The van der Waals surface area contributed by atoms with Crippen molar-refractivity contribution in [3.05, 3.63) is 54.6 Å². The van der Waals surface area contributed by atoms with Gasteiger partial charge in [-0.15, -0.1) is 0 Å². The van der Waals surface area contributed by atoms with E-state index in [0.29, 0.717) is 19.4 Å². The first-order chi connectivity index (χ1) is 10.3. The zero-order chi connectivity index (χ0) is 14.9. The minimum Gasteiger partial charge on any atom is -0.469 e. The van der Waals surface area contributed by atoms with Crippen LogP contribution in [-0.2, 0) is 9.53 Å². The normalized spacial score (nSPS) is 9.95. The molecule has 0 heterocycles. The average Bonchev–Trinajstić information content (AvgIpc) is 2.53. The predicted octanol–water partition coefficient (Wildman–Crippen LogP) is 3.84. The smallest absolute Gasteiger partial charge is 0.305 e. The monoisotopic (exact) mass is 285 g/mol. The maximum absolute atomic E-state index is 11.1. The summed E-state index contributed by atoms with van der Waals surface area (Å²) in [6.07, 6.45) is 1.12. The number of carbonyl (C=O) groups excluding carboxylic acids is 1. The first-order valence-corrected chi connectivity index (χ1v) is 6.92. The Hall–Kier alpha value is -2.49. The second-order valence-corrected chi connectivity index (χ2v) is 4.52. The summed E-state index contributed by atoms with van der Waals surface area (Å²) >= 11 is 0. The van der Waals surface area contributed by atoms with Crippen molar-refractivity contribution in [1.29, 1.82) is 0 Å². The second-order valence-electron chi connectivity index (χ2n) is 4.52. The molecule has 0 bridgehead atoms. The van der Waals surface area contributed by atoms with Gasteiger partial charge in [0.1, 0.15) is 5.75 Å². The third-order valence-corrected chi connectivity index (χ3v) is 2.96. The van der Waals surface area contributed by atoms with Crippen LogP contribution >= 0.6 is 0 Å². The third-order valence-electron chi connectivity index (χ3n) is 2.96. The molecule has 2 aromatic rings. The van der Waals surface area contributed by atoms with Crippen LogP contribution in [0.5, 0.6) is 11.5 Å². The standard InChI is InChI=1S/C17H19NO3/c1-20-17(19)12-7-13-18-15-10-5-6-11-16(15)21-14-8-3-2-4-9-14/h2-6,8-11,18H,7,12-13H2,1H3. The lowest BCUT2D eigenvalue weighted by Gasteiger charge is -2.12. The van der Waals surface area contributed by atoms with E-state index in [4.69, 9.17) is 4.74 Å². The van der Waals surface area contributed by atoms with Gasteiger partial charge in [-0.1, -0.05) is 30.3 Å². The van der Waals surface area contributed by atoms with Gasteiger partial charge in [0.2, 0.25) is 0 Å². The lowest BCUT2D eigenvalue weighted by atomic mass is 10.2. The van der Waals surface area contributed by atoms with Gasteiger partial charge in [-0.2, -0.15) is 0 Å². The molecule has 0 amide bonds. The van der Waals surface area contributed by atoms with Crippen molar-refractivity contribution in [2.45, 2.75) is 12.8 Å². The molecule has 0 aromatic heterocycles. The number of anilines is 1. The van der Waals surface area contributed by atoms with Crippen molar-refractivity contribution in [3.63, 3.8) is 0 Å². The van der Waals surface area contributed by atoms with Gasteiger partial charge < -0.3 is 14.8 Å². The van der Waals surface area contributed by atoms with E-state index in [2.05, 4.69) is 10.1 Å². The van der Waals surface area contributed by atoms with E-state index in [1.165, 1.54) is 7.11 Å². The highest BCUT2D eigenvalue weighted by atomic mass is 16.5. The maximum Gasteiger partial charge on any atom is 0.305 e. The topological polar surface area (TPSA) is 47.6 Å². The zero-order valence-corrected chi connectivity index (χ0v) is 12.0. The van der Waals surface area contributed by atoms with E-state index in [-0.39, 0.29) is 5.97 Å². The van der Waals surface area contributed by atoms with Crippen LogP contribution in [0.4, 0.5) is 5.69 Å². The Bertz CT molecular complexity index is 569. The van der Waals surface area contributed by atoms with Crippen molar-refractivity contribution >= 4 is 11.7 Å². The Kier molecular flexibility index (Phi) is 5.64. The van der Waals surface area contributed by atoms with Crippen LogP contribution in [0, 0.1) is 0 Å². The Morgan fingerprint density at radius 3 is 2.52 bits per heavy atom. The molecule has 0 aliphatic heterocycles. The highest BCUT2D eigenvalue weighted by Crippen LogP contribution is 2.28. The fraction of sp³-hybridized carbons (Fsp3) is 0.235. The third kappa shape index (κ3) is 4.84. The van der Waals surface area contributed by atoms with Gasteiger partial charge in [-0.25, -0.2) is 0 Å². The highest BCUT2D eigenvalue weighted by molar-refractivity contribution is 5.69. The molecule has 0 atom stereocenters. The number of methoxy groups -OCH3 is 1. The molecule has 0 saturated heterocycles. The minimum absolute atomic E-state index is 0.189. The number of esters is 1. The summed E-state index contributed by atoms with van der Waals surface area (Å²) in [5.74, 6) is 1.37. The maximum atomic E-state index is 11.1. The number of ether oxygens (including phenoxy) is 2. The van der Waals surface area contributed by atoms with E-state index >= 15 is 0 Å². The van der Waals surface area contributed by atoms with Crippen LogP contribution < -0.4 is 10.1 Å². The van der Waals surface area contributed by atoms with Gasteiger partial charge in [0.05, 0.1) is 12.8 Å². The highest BCUT2D eigenvalue weighted by Gasteiger charge is 2.04. The van der Waals surface area contributed by atoms with Gasteiger partial charge in [0, 0.05) is 13.0 Å². The van der Waals surface area contributed by atoms with Gasteiger partial charge >= 0.3 is 5.97 Å². The first-order valence-electron chi connectivity index (χ1n) is 6.92. The van der Waals surface area contributed by atoms with Crippen molar-refractivity contribution in [1.82, 2.24) is 0 Å². The molecule has 0 fully saturated rings. The lowest BCUT2D eigenvalue weighted by molar-refractivity contribution is -0.140. The quantitative estimate of drug-likeness (QED) is 0.620. The second kappa shape index (κ2) is 7.94. The predicted molar refractivity (Wildman–Crippen MR) is 82.7 cm³/mol. The molecular formula is C17H19NO3. The van der Waals surface area contributed by atoms with Crippen LogP contribution in [0.2, 0.25) is 0 Å². The van der Waals surface area contributed by atoms with Crippen LogP contribution in [0.1, 0.15) is 12.8 Å². The molecule has 2 rings (SSSR count). The number of hydrogen-bond acceptors (Lipinski definition) is 4. The summed E-state index contributed by atoms with van der Waals surface area (Å²) in [6, 6.07) is 17.4. The van der Waals surface area contributed by atoms with Crippen molar-refractivity contribution in [2.75, 3.05) is 19.0 Å². The van der Waals surface area contributed by atoms with Crippen LogP contribution in [0.15, 0.2) is 54.6 Å². The number of para-hydroxylation sites is 3. The van der Waals surface area contributed by atoms with Crippen LogP contribution in [0.25, 0.3) is 0 Å². The van der Waals surface area contributed by atoms with E-state index in [9.17, 15) is 4.79 Å². The van der Waals surface area contributed by atoms with E-state index in [1.54, 1.807) is 0 Å². The summed E-state index contributed by atoms with van der Waals surface area (Å²) in [4.78, 5) is 11.1. The van der Waals surface area contributed by atoms with Gasteiger partial charge in [-0.05, 0) is 30.7 Å². The molecule has 1 N–H and O–H groups in total. The number of rotatable bonds is 7. The molecule has 2 aromatic carbocycles. The number of nitrogens with one attached hydrogen (secondary N) is 1. The van der Waals surface area contributed by atoms with E-state index < -0.39 is 0 Å². The average molecular weight is 285 g/mol. The fourth-order valence-electron chi connectivity index (χ4n) is 1.88. The number of carbonyl (C=O) groups is 1. The van der Waals surface area contributed by atoms with Crippen LogP contribution in [0.3, 0.4) is 0 Å². The largest absolute Gasteiger partial charge is 0.469 e. The lowest BCUT2D eigenvalue weighted by Crippen LogP contribution is -2.07. The van der Waals surface area contributed by atoms with Crippen molar-refractivity contribution < 1.29 is 14.3 Å². The summed E-state index contributed by atoms with van der Waals surface area (Å²) in [7, 11) is 1.40. The SMILES string of the molecule is COC(=O)CCCNc1ccccc1Oc1ccccc1. The van der Waals surface area contributed by atoms with Crippen molar-refractivity contribution in [3.8, 4) is 11.5 Å². The Balaban J connectivity index is 1.92. The summed E-state index contributed by atoms with van der Waals surface area (Å²) in [5, 5.41) is 3.28. The number of benzene rings is 2. The molecule has 0 saturated carbocycles. The van der Waals surface area contributed by atoms with Gasteiger partial charge in [-0.3, -0.25) is 4.79 Å². The van der Waals surface area contributed by atoms with E-state index in [0.717, 1.165) is 17.2 Å². The molecule has 4 heteroatoms. The minimum atomic E-state index is -0.189. The molecule has 0 radical (unpaired) electrons. The fourth-order valence-corrected chi connectivity index (χ4v) is 1.88. The molecule has 0 spiro atoms. The molecule has 0 unspecified atom stereocenters.